The maximum absolute atomic E-state index is 13.8. The molecule has 2 aromatic carbocycles. The second-order valence-electron chi connectivity index (χ2n) is 4.56. The van der Waals surface area contributed by atoms with Gasteiger partial charge in [-0.1, -0.05) is 35.3 Å². The Kier molecular flexibility index (Phi) is 4.70. The lowest BCUT2D eigenvalue weighted by Crippen LogP contribution is -2.13. The standard InChI is InChI=1S/C15H13Cl2FN2O/c1-8-12(18)5-10(15(19)21)6-13(8)20-7-9-3-2-4-11(16)14(9)17/h2-6,20H,7H2,1H3,(H2,19,21). The quantitative estimate of drug-likeness (QED) is 0.886. The Morgan fingerprint density at radius 3 is 2.71 bits per heavy atom. The molecular weight excluding hydrogens is 314 g/mol. The maximum Gasteiger partial charge on any atom is 0.248 e. The minimum Gasteiger partial charge on any atom is -0.381 e. The molecule has 0 bridgehead atoms. The largest absolute Gasteiger partial charge is 0.381 e. The lowest BCUT2D eigenvalue weighted by molar-refractivity contribution is 0.1000. The van der Waals surface area contributed by atoms with Crippen LogP contribution >= 0.6 is 23.2 Å². The van der Waals surface area contributed by atoms with Crippen molar-refractivity contribution in [1.29, 1.82) is 0 Å². The normalized spacial score (nSPS) is 10.5. The molecule has 0 atom stereocenters. The van der Waals surface area contributed by atoms with Crippen molar-refractivity contribution in [3.63, 3.8) is 0 Å². The Labute approximate surface area is 131 Å². The van der Waals surface area contributed by atoms with E-state index in [1.165, 1.54) is 6.07 Å². The Hall–Kier alpha value is -1.78. The van der Waals surface area contributed by atoms with Gasteiger partial charge in [0, 0.05) is 23.4 Å². The molecule has 6 heteroatoms. The molecule has 110 valence electrons. The lowest BCUT2D eigenvalue weighted by Gasteiger charge is -2.13. The van der Waals surface area contributed by atoms with Crippen LogP contribution < -0.4 is 11.1 Å². The number of nitrogens with two attached hydrogens (primary N) is 1. The van der Waals surface area contributed by atoms with Crippen LogP contribution in [0.25, 0.3) is 0 Å². The monoisotopic (exact) mass is 326 g/mol. The number of carbonyl (C=O) groups excluding carboxylic acids is 1. The summed E-state index contributed by atoms with van der Waals surface area (Å²) < 4.78 is 13.8. The highest BCUT2D eigenvalue weighted by Gasteiger charge is 2.11. The molecule has 2 aromatic rings. The Balaban J connectivity index is 2.27. The number of primary amides is 1. The van der Waals surface area contributed by atoms with E-state index in [0.717, 1.165) is 11.6 Å². The minimum absolute atomic E-state index is 0.109. The van der Waals surface area contributed by atoms with E-state index < -0.39 is 11.7 Å². The molecule has 21 heavy (non-hydrogen) atoms. The summed E-state index contributed by atoms with van der Waals surface area (Å²) in [5.41, 5.74) is 6.95. The summed E-state index contributed by atoms with van der Waals surface area (Å²) in [6.07, 6.45) is 0. The van der Waals surface area contributed by atoms with Crippen molar-refractivity contribution >= 4 is 34.8 Å². The number of anilines is 1. The van der Waals surface area contributed by atoms with Crippen LogP contribution in [-0.4, -0.2) is 5.91 Å². The summed E-state index contributed by atoms with van der Waals surface area (Å²) in [5, 5.41) is 3.93. The summed E-state index contributed by atoms with van der Waals surface area (Å²) in [4.78, 5) is 11.2. The molecule has 0 aliphatic rings. The smallest absolute Gasteiger partial charge is 0.248 e. The van der Waals surface area contributed by atoms with Crippen LogP contribution in [0.1, 0.15) is 21.5 Å². The average Bonchev–Trinajstić information content (AvgIpc) is 2.44. The number of benzene rings is 2. The molecule has 0 heterocycles. The van der Waals surface area contributed by atoms with E-state index in [9.17, 15) is 9.18 Å². The predicted octanol–water partition coefficient (Wildman–Crippen LogP) is 4.15. The van der Waals surface area contributed by atoms with Crippen LogP contribution in [0.4, 0.5) is 10.1 Å². The molecule has 2 rings (SSSR count). The molecule has 0 aliphatic heterocycles. The molecule has 1 amide bonds. The fraction of sp³-hybridized carbons (Fsp3) is 0.133. The molecule has 0 aliphatic carbocycles. The summed E-state index contributed by atoms with van der Waals surface area (Å²) in [6.45, 7) is 1.96. The van der Waals surface area contributed by atoms with E-state index in [4.69, 9.17) is 28.9 Å². The Morgan fingerprint density at radius 2 is 2.05 bits per heavy atom. The van der Waals surface area contributed by atoms with E-state index >= 15 is 0 Å². The SMILES string of the molecule is Cc1c(F)cc(C(N)=O)cc1NCc1cccc(Cl)c1Cl. The molecule has 0 spiro atoms. The average molecular weight is 327 g/mol. The number of hydrogen-bond donors (Lipinski definition) is 2. The van der Waals surface area contributed by atoms with E-state index in [0.29, 0.717) is 27.8 Å². The third-order valence-electron chi connectivity index (χ3n) is 3.13. The highest BCUT2D eigenvalue weighted by atomic mass is 35.5. The van der Waals surface area contributed by atoms with Gasteiger partial charge in [-0.05, 0) is 30.7 Å². The van der Waals surface area contributed by atoms with Gasteiger partial charge in [0.1, 0.15) is 5.82 Å². The van der Waals surface area contributed by atoms with Gasteiger partial charge in [0.15, 0.2) is 0 Å². The first-order chi connectivity index (χ1) is 9.90. The highest BCUT2D eigenvalue weighted by Crippen LogP contribution is 2.27. The lowest BCUT2D eigenvalue weighted by atomic mass is 10.1. The summed E-state index contributed by atoms with van der Waals surface area (Å²) in [7, 11) is 0. The zero-order chi connectivity index (χ0) is 15.6. The predicted molar refractivity (Wildman–Crippen MR) is 83.4 cm³/mol. The molecule has 0 fully saturated rings. The van der Waals surface area contributed by atoms with Crippen molar-refractivity contribution < 1.29 is 9.18 Å². The highest BCUT2D eigenvalue weighted by molar-refractivity contribution is 6.42. The molecule has 0 unspecified atom stereocenters. The van der Waals surface area contributed by atoms with Crippen molar-refractivity contribution in [3.05, 3.63) is 62.9 Å². The number of halogens is 3. The number of carbonyl (C=O) groups is 1. The second-order valence-corrected chi connectivity index (χ2v) is 5.35. The molecule has 0 saturated carbocycles. The zero-order valence-electron chi connectivity index (χ0n) is 11.2. The van der Waals surface area contributed by atoms with E-state index in [1.54, 1.807) is 19.1 Å². The maximum atomic E-state index is 13.8. The topological polar surface area (TPSA) is 55.1 Å². The van der Waals surface area contributed by atoms with Gasteiger partial charge in [0.25, 0.3) is 0 Å². The van der Waals surface area contributed by atoms with Crippen molar-refractivity contribution in [3.8, 4) is 0 Å². The van der Waals surface area contributed by atoms with Crippen LogP contribution in [0.15, 0.2) is 30.3 Å². The van der Waals surface area contributed by atoms with Gasteiger partial charge in [0.2, 0.25) is 5.91 Å². The zero-order valence-corrected chi connectivity index (χ0v) is 12.7. The van der Waals surface area contributed by atoms with Gasteiger partial charge in [-0.25, -0.2) is 4.39 Å². The van der Waals surface area contributed by atoms with Crippen LogP contribution in [0.3, 0.4) is 0 Å². The first-order valence-electron chi connectivity index (χ1n) is 6.17. The molecule has 3 nitrogen and oxygen atoms in total. The van der Waals surface area contributed by atoms with E-state index in [-0.39, 0.29) is 5.56 Å². The third kappa shape index (κ3) is 3.46. The minimum atomic E-state index is -0.683. The van der Waals surface area contributed by atoms with Crippen molar-refractivity contribution in [2.75, 3.05) is 5.32 Å². The second kappa shape index (κ2) is 6.33. The van der Waals surface area contributed by atoms with Crippen LogP contribution in [0.5, 0.6) is 0 Å². The first kappa shape index (κ1) is 15.6. The Bertz CT molecular complexity index is 704. The molecule has 3 N–H and O–H groups in total. The number of amides is 1. The number of nitrogens with one attached hydrogen (secondary N) is 1. The summed E-state index contributed by atoms with van der Waals surface area (Å²) in [5.74, 6) is -1.18. The van der Waals surface area contributed by atoms with E-state index in [2.05, 4.69) is 5.32 Å². The van der Waals surface area contributed by atoms with Gasteiger partial charge >= 0.3 is 0 Å². The third-order valence-corrected chi connectivity index (χ3v) is 3.99. The van der Waals surface area contributed by atoms with Crippen LogP contribution in [-0.2, 0) is 6.54 Å². The van der Waals surface area contributed by atoms with Crippen molar-refractivity contribution in [1.82, 2.24) is 0 Å². The fourth-order valence-electron chi connectivity index (χ4n) is 1.88. The van der Waals surface area contributed by atoms with Crippen LogP contribution in [0.2, 0.25) is 10.0 Å². The fourth-order valence-corrected chi connectivity index (χ4v) is 2.27. The molecule has 0 radical (unpaired) electrons. The van der Waals surface area contributed by atoms with Gasteiger partial charge in [-0.2, -0.15) is 0 Å². The first-order valence-corrected chi connectivity index (χ1v) is 6.92. The van der Waals surface area contributed by atoms with Crippen LogP contribution in [0, 0.1) is 12.7 Å². The summed E-state index contributed by atoms with van der Waals surface area (Å²) in [6, 6.07) is 7.91. The molecule has 0 aromatic heterocycles. The van der Waals surface area contributed by atoms with Gasteiger partial charge in [-0.3, -0.25) is 4.79 Å². The molecular formula is C15H13Cl2FN2O. The van der Waals surface area contributed by atoms with E-state index in [1.807, 2.05) is 6.07 Å². The number of hydrogen-bond acceptors (Lipinski definition) is 2. The van der Waals surface area contributed by atoms with Gasteiger partial charge in [0.05, 0.1) is 10.0 Å². The number of rotatable bonds is 4. The van der Waals surface area contributed by atoms with Gasteiger partial charge < -0.3 is 11.1 Å². The van der Waals surface area contributed by atoms with Crippen molar-refractivity contribution in [2.45, 2.75) is 13.5 Å². The van der Waals surface area contributed by atoms with Gasteiger partial charge in [-0.15, -0.1) is 0 Å². The van der Waals surface area contributed by atoms with Crippen molar-refractivity contribution in [2.24, 2.45) is 5.73 Å². The Morgan fingerprint density at radius 1 is 1.33 bits per heavy atom. The molecule has 0 saturated heterocycles. The summed E-state index contributed by atoms with van der Waals surface area (Å²) >= 11 is 12.0.